The number of rotatable bonds is 3. The predicted molar refractivity (Wildman–Crippen MR) is 72.5 cm³/mol. The lowest BCUT2D eigenvalue weighted by Crippen LogP contribution is -2.35. The van der Waals surface area contributed by atoms with Crippen LogP contribution in [-0.2, 0) is 10.2 Å². The number of hydrogen-bond donors (Lipinski definition) is 1. The minimum absolute atomic E-state index is 0.0325. The van der Waals surface area contributed by atoms with E-state index in [1.807, 2.05) is 25.2 Å². The summed E-state index contributed by atoms with van der Waals surface area (Å²) >= 11 is 0. The summed E-state index contributed by atoms with van der Waals surface area (Å²) in [6.45, 7) is 6.82. The molecule has 0 saturated heterocycles. The fraction of sp³-hybridized carbons (Fsp3) is 0.500. The summed E-state index contributed by atoms with van der Waals surface area (Å²) in [6.07, 6.45) is 0. The first-order valence-electron chi connectivity index (χ1n) is 5.88. The second-order valence-corrected chi connectivity index (χ2v) is 5.25. The third-order valence-corrected chi connectivity index (χ3v) is 2.78. The van der Waals surface area contributed by atoms with E-state index >= 15 is 0 Å². The molecule has 0 unspecified atom stereocenters. The Kier molecular flexibility index (Phi) is 4.29. The number of hydrogen-bond acceptors (Lipinski definition) is 2. The van der Waals surface area contributed by atoms with Crippen molar-refractivity contribution in [2.45, 2.75) is 26.2 Å². The van der Waals surface area contributed by atoms with Crippen molar-refractivity contribution in [1.82, 2.24) is 5.32 Å². The zero-order valence-electron chi connectivity index (χ0n) is 11.4. The minimum atomic E-state index is 0.0325. The Hall–Kier alpha value is -1.35. The van der Waals surface area contributed by atoms with Gasteiger partial charge in [0.15, 0.2) is 0 Å². The second kappa shape index (κ2) is 5.32. The maximum absolute atomic E-state index is 11.9. The van der Waals surface area contributed by atoms with Gasteiger partial charge in [-0.15, -0.1) is 0 Å². The molecular weight excluding hydrogens is 212 g/mol. The molecule has 3 heteroatoms. The maximum atomic E-state index is 11.9. The number of likely N-dealkylation sites (N-methyl/N-ethyl adjacent to an activating group) is 2. The first-order chi connectivity index (χ1) is 7.88. The van der Waals surface area contributed by atoms with Crippen LogP contribution in [0.5, 0.6) is 0 Å². The zero-order chi connectivity index (χ0) is 13.1. The van der Waals surface area contributed by atoms with E-state index in [0.717, 1.165) is 5.69 Å². The molecule has 1 N–H and O–H groups in total. The van der Waals surface area contributed by atoms with Crippen molar-refractivity contribution in [3.8, 4) is 0 Å². The molecule has 1 aromatic carbocycles. The molecular formula is C14H22N2O. The van der Waals surface area contributed by atoms with E-state index in [2.05, 4.69) is 32.2 Å². The van der Waals surface area contributed by atoms with Gasteiger partial charge in [0.25, 0.3) is 0 Å². The number of carbonyl (C=O) groups excluding carboxylic acids is 1. The first kappa shape index (κ1) is 13.7. The van der Waals surface area contributed by atoms with Crippen LogP contribution >= 0.6 is 0 Å². The van der Waals surface area contributed by atoms with Crippen LogP contribution in [0.2, 0.25) is 0 Å². The van der Waals surface area contributed by atoms with Gasteiger partial charge in [0.1, 0.15) is 0 Å². The molecule has 1 rings (SSSR count). The normalized spacial score (nSPS) is 11.4. The number of para-hydroxylation sites is 1. The van der Waals surface area contributed by atoms with Gasteiger partial charge in [-0.25, -0.2) is 0 Å². The third-order valence-electron chi connectivity index (χ3n) is 2.78. The molecule has 94 valence electrons. The fourth-order valence-electron chi connectivity index (χ4n) is 1.80. The maximum Gasteiger partial charge on any atom is 0.240 e. The van der Waals surface area contributed by atoms with Crippen molar-refractivity contribution >= 4 is 11.6 Å². The van der Waals surface area contributed by atoms with Gasteiger partial charge in [-0.3, -0.25) is 4.79 Å². The Morgan fingerprint density at radius 1 is 1.29 bits per heavy atom. The van der Waals surface area contributed by atoms with E-state index in [1.165, 1.54) is 5.56 Å². The Morgan fingerprint density at radius 2 is 1.88 bits per heavy atom. The van der Waals surface area contributed by atoms with Crippen molar-refractivity contribution < 1.29 is 4.79 Å². The van der Waals surface area contributed by atoms with Crippen molar-refractivity contribution in [1.29, 1.82) is 0 Å². The van der Waals surface area contributed by atoms with Crippen LogP contribution in [0, 0.1) is 0 Å². The number of benzene rings is 1. The Labute approximate surface area is 104 Å². The highest BCUT2D eigenvalue weighted by molar-refractivity contribution is 5.95. The van der Waals surface area contributed by atoms with Gasteiger partial charge in [0.05, 0.1) is 6.54 Å². The molecule has 0 aliphatic carbocycles. The molecule has 0 radical (unpaired) electrons. The van der Waals surface area contributed by atoms with Gasteiger partial charge in [-0.1, -0.05) is 39.0 Å². The number of nitrogens with zero attached hydrogens (tertiary/aromatic N) is 1. The highest BCUT2D eigenvalue weighted by Gasteiger charge is 2.21. The van der Waals surface area contributed by atoms with Crippen molar-refractivity contribution in [2.75, 3.05) is 25.5 Å². The topological polar surface area (TPSA) is 32.3 Å². The largest absolute Gasteiger partial charge is 0.314 e. The van der Waals surface area contributed by atoms with Crippen LogP contribution < -0.4 is 10.2 Å². The number of amides is 1. The van der Waals surface area contributed by atoms with Crippen LogP contribution in [0.4, 0.5) is 5.69 Å². The average molecular weight is 234 g/mol. The molecule has 0 fully saturated rings. The first-order valence-corrected chi connectivity index (χ1v) is 5.88. The Morgan fingerprint density at radius 3 is 2.41 bits per heavy atom. The summed E-state index contributed by atoms with van der Waals surface area (Å²) in [5, 5.41) is 2.89. The monoisotopic (exact) mass is 234 g/mol. The summed E-state index contributed by atoms with van der Waals surface area (Å²) in [5.74, 6) is 0.0733. The number of anilines is 1. The molecule has 0 bridgehead atoms. The summed E-state index contributed by atoms with van der Waals surface area (Å²) in [4.78, 5) is 13.6. The highest BCUT2D eigenvalue weighted by Crippen LogP contribution is 2.31. The smallest absolute Gasteiger partial charge is 0.240 e. The fourth-order valence-corrected chi connectivity index (χ4v) is 1.80. The quantitative estimate of drug-likeness (QED) is 0.869. The summed E-state index contributed by atoms with van der Waals surface area (Å²) in [6, 6.07) is 8.06. The average Bonchev–Trinajstić information content (AvgIpc) is 2.27. The molecule has 17 heavy (non-hydrogen) atoms. The molecule has 0 aliphatic heterocycles. The van der Waals surface area contributed by atoms with Crippen LogP contribution in [0.15, 0.2) is 24.3 Å². The summed E-state index contributed by atoms with van der Waals surface area (Å²) < 4.78 is 0. The molecule has 1 amide bonds. The molecule has 1 aromatic rings. The van der Waals surface area contributed by atoms with Crippen LogP contribution in [0.1, 0.15) is 26.3 Å². The SMILES string of the molecule is CNCC(=O)N(C)c1ccccc1C(C)(C)C. The van der Waals surface area contributed by atoms with Crippen molar-refractivity contribution in [2.24, 2.45) is 0 Å². The summed E-state index contributed by atoms with van der Waals surface area (Å²) in [5.41, 5.74) is 2.21. The van der Waals surface area contributed by atoms with Gasteiger partial charge < -0.3 is 10.2 Å². The molecule has 0 spiro atoms. The molecule has 0 aromatic heterocycles. The van der Waals surface area contributed by atoms with Gasteiger partial charge in [0.2, 0.25) is 5.91 Å². The molecule has 0 saturated carbocycles. The molecule has 0 aliphatic rings. The van der Waals surface area contributed by atoms with Crippen LogP contribution in [0.3, 0.4) is 0 Å². The second-order valence-electron chi connectivity index (χ2n) is 5.25. The lowest BCUT2D eigenvalue weighted by molar-refractivity contribution is -0.117. The van der Waals surface area contributed by atoms with E-state index in [4.69, 9.17) is 0 Å². The zero-order valence-corrected chi connectivity index (χ0v) is 11.4. The predicted octanol–water partition coefficient (Wildman–Crippen LogP) is 2.17. The molecule has 0 atom stereocenters. The molecule has 3 nitrogen and oxygen atoms in total. The lowest BCUT2D eigenvalue weighted by atomic mass is 9.85. The third kappa shape index (κ3) is 3.30. The minimum Gasteiger partial charge on any atom is -0.314 e. The standard InChI is InChI=1S/C14H22N2O/c1-14(2,3)11-8-6-7-9-12(11)16(5)13(17)10-15-4/h6-9,15H,10H2,1-5H3. The molecule has 0 heterocycles. The lowest BCUT2D eigenvalue weighted by Gasteiger charge is -2.27. The number of nitrogens with one attached hydrogen (secondary N) is 1. The Balaban J connectivity index is 3.09. The van der Waals surface area contributed by atoms with E-state index in [1.54, 1.807) is 11.9 Å². The highest BCUT2D eigenvalue weighted by atomic mass is 16.2. The van der Waals surface area contributed by atoms with Gasteiger partial charge in [-0.05, 0) is 24.1 Å². The van der Waals surface area contributed by atoms with Gasteiger partial charge in [0, 0.05) is 12.7 Å². The summed E-state index contributed by atoms with van der Waals surface area (Å²) in [7, 11) is 3.60. The van der Waals surface area contributed by atoms with Gasteiger partial charge >= 0.3 is 0 Å². The van der Waals surface area contributed by atoms with Crippen molar-refractivity contribution in [3.05, 3.63) is 29.8 Å². The van der Waals surface area contributed by atoms with E-state index in [9.17, 15) is 4.79 Å². The van der Waals surface area contributed by atoms with Crippen LogP contribution in [-0.4, -0.2) is 26.5 Å². The Bertz CT molecular complexity index is 393. The van der Waals surface area contributed by atoms with E-state index in [0.29, 0.717) is 6.54 Å². The van der Waals surface area contributed by atoms with E-state index in [-0.39, 0.29) is 11.3 Å². The van der Waals surface area contributed by atoms with Crippen LogP contribution in [0.25, 0.3) is 0 Å². The van der Waals surface area contributed by atoms with Crippen molar-refractivity contribution in [3.63, 3.8) is 0 Å². The number of carbonyl (C=O) groups is 1. The van der Waals surface area contributed by atoms with E-state index < -0.39 is 0 Å². The van der Waals surface area contributed by atoms with Gasteiger partial charge in [-0.2, -0.15) is 0 Å².